The summed E-state index contributed by atoms with van der Waals surface area (Å²) in [6.45, 7) is 3.74. The third-order valence-corrected chi connectivity index (χ3v) is 4.94. The topological polar surface area (TPSA) is 26.6 Å². The second-order valence-corrected chi connectivity index (χ2v) is 6.42. The molecule has 4 heteroatoms. The minimum Gasteiger partial charge on any atom is -0.495 e. The van der Waals surface area contributed by atoms with Crippen LogP contribution in [0.3, 0.4) is 0 Å². The van der Waals surface area contributed by atoms with Crippen LogP contribution in [0.5, 0.6) is 5.75 Å². The molecule has 1 saturated heterocycles. The molecule has 2 heterocycles. The Morgan fingerprint density at radius 3 is 2.62 bits per heavy atom. The van der Waals surface area contributed by atoms with Crippen LogP contribution < -0.4 is 9.64 Å². The molecule has 134 valence electrons. The maximum absolute atomic E-state index is 6.07. The molecular weight excluding hydrogens is 324 g/mol. The van der Waals surface area contributed by atoms with Gasteiger partial charge in [0.05, 0.1) is 19.4 Å². The average molecular weight is 348 g/mol. The van der Waals surface area contributed by atoms with Crippen molar-refractivity contribution in [1.82, 2.24) is 4.57 Å². The van der Waals surface area contributed by atoms with E-state index in [-0.39, 0.29) is 6.23 Å². The molecule has 0 aliphatic carbocycles. The summed E-state index contributed by atoms with van der Waals surface area (Å²) in [7, 11) is 1.71. The van der Waals surface area contributed by atoms with Gasteiger partial charge in [-0.1, -0.05) is 37.3 Å². The second kappa shape index (κ2) is 7.26. The fraction of sp³-hybridized carbons (Fsp3) is 0.273. The lowest BCUT2D eigenvalue weighted by atomic mass is 10.1. The highest BCUT2D eigenvalue weighted by Gasteiger charge is 2.29. The van der Waals surface area contributed by atoms with Crippen LogP contribution in [0.25, 0.3) is 5.69 Å². The molecule has 2 aromatic carbocycles. The molecular formula is C22H24N2O2. The van der Waals surface area contributed by atoms with Crippen molar-refractivity contribution in [3.8, 4) is 11.4 Å². The van der Waals surface area contributed by atoms with Gasteiger partial charge < -0.3 is 18.9 Å². The molecule has 0 bridgehead atoms. The quantitative estimate of drug-likeness (QED) is 0.675. The maximum atomic E-state index is 6.07. The van der Waals surface area contributed by atoms with Crippen molar-refractivity contribution < 1.29 is 9.47 Å². The van der Waals surface area contributed by atoms with Gasteiger partial charge in [0, 0.05) is 30.2 Å². The normalized spacial score (nSPS) is 16.8. The zero-order chi connectivity index (χ0) is 17.9. The Morgan fingerprint density at radius 1 is 1.04 bits per heavy atom. The summed E-state index contributed by atoms with van der Waals surface area (Å²) in [5, 5.41) is 0. The molecule has 4 nitrogen and oxygen atoms in total. The van der Waals surface area contributed by atoms with Gasteiger partial charge in [-0.05, 0) is 36.2 Å². The van der Waals surface area contributed by atoms with E-state index < -0.39 is 0 Å². The molecule has 0 saturated carbocycles. The highest BCUT2D eigenvalue weighted by molar-refractivity contribution is 5.60. The van der Waals surface area contributed by atoms with E-state index in [1.807, 2.05) is 18.2 Å². The monoisotopic (exact) mass is 348 g/mol. The number of ether oxygens (including phenoxy) is 2. The van der Waals surface area contributed by atoms with Crippen molar-refractivity contribution in [3.63, 3.8) is 0 Å². The first-order chi connectivity index (χ1) is 12.8. The Kier molecular flexibility index (Phi) is 4.67. The first-order valence-corrected chi connectivity index (χ1v) is 9.09. The van der Waals surface area contributed by atoms with Gasteiger partial charge in [-0.3, -0.25) is 0 Å². The Morgan fingerprint density at radius 2 is 1.81 bits per heavy atom. The van der Waals surface area contributed by atoms with Crippen LogP contribution in [0.4, 0.5) is 5.69 Å². The van der Waals surface area contributed by atoms with Crippen molar-refractivity contribution in [2.45, 2.75) is 19.6 Å². The number of benzene rings is 2. The van der Waals surface area contributed by atoms with E-state index in [2.05, 4.69) is 65.2 Å². The summed E-state index contributed by atoms with van der Waals surface area (Å²) < 4.78 is 13.8. The molecule has 0 spiro atoms. The van der Waals surface area contributed by atoms with Crippen LogP contribution >= 0.6 is 0 Å². The van der Waals surface area contributed by atoms with Crippen molar-refractivity contribution in [2.24, 2.45) is 0 Å². The van der Waals surface area contributed by atoms with Crippen molar-refractivity contribution in [3.05, 3.63) is 78.1 Å². The van der Waals surface area contributed by atoms with E-state index in [4.69, 9.17) is 9.47 Å². The number of nitrogens with zero attached hydrogens (tertiary/aromatic N) is 2. The molecule has 1 aromatic heterocycles. The third kappa shape index (κ3) is 2.97. The molecule has 1 fully saturated rings. The van der Waals surface area contributed by atoms with E-state index in [0.29, 0.717) is 6.61 Å². The SMILES string of the molecule is CCc1ccccc1-n1ccc([C@@H]2OCCN2c2ccccc2OC)c1. The highest BCUT2D eigenvalue weighted by atomic mass is 16.5. The fourth-order valence-electron chi connectivity index (χ4n) is 3.63. The average Bonchev–Trinajstić information content (AvgIpc) is 3.37. The van der Waals surface area contributed by atoms with E-state index in [1.165, 1.54) is 11.3 Å². The van der Waals surface area contributed by atoms with Crippen LogP contribution in [-0.2, 0) is 11.2 Å². The Hall–Kier alpha value is -2.72. The van der Waals surface area contributed by atoms with Crippen LogP contribution in [0.2, 0.25) is 0 Å². The molecule has 0 radical (unpaired) electrons. The van der Waals surface area contributed by atoms with Gasteiger partial charge in [-0.15, -0.1) is 0 Å². The van der Waals surface area contributed by atoms with Gasteiger partial charge >= 0.3 is 0 Å². The van der Waals surface area contributed by atoms with Gasteiger partial charge in [-0.2, -0.15) is 0 Å². The van der Waals surface area contributed by atoms with E-state index in [9.17, 15) is 0 Å². The minimum atomic E-state index is -0.0960. The zero-order valence-corrected chi connectivity index (χ0v) is 15.3. The third-order valence-electron chi connectivity index (χ3n) is 4.94. The number of aromatic nitrogens is 1. The van der Waals surface area contributed by atoms with Gasteiger partial charge in [0.15, 0.2) is 6.23 Å². The van der Waals surface area contributed by atoms with Gasteiger partial charge in [-0.25, -0.2) is 0 Å². The maximum Gasteiger partial charge on any atom is 0.158 e. The van der Waals surface area contributed by atoms with Crippen LogP contribution in [0, 0.1) is 0 Å². The smallest absolute Gasteiger partial charge is 0.158 e. The van der Waals surface area contributed by atoms with Gasteiger partial charge in [0.2, 0.25) is 0 Å². The largest absolute Gasteiger partial charge is 0.495 e. The molecule has 1 aliphatic heterocycles. The molecule has 0 N–H and O–H groups in total. The predicted molar refractivity (Wildman–Crippen MR) is 104 cm³/mol. The first kappa shape index (κ1) is 16.7. The summed E-state index contributed by atoms with van der Waals surface area (Å²) in [5.74, 6) is 0.874. The summed E-state index contributed by atoms with van der Waals surface area (Å²) >= 11 is 0. The zero-order valence-electron chi connectivity index (χ0n) is 15.3. The van der Waals surface area contributed by atoms with Gasteiger partial charge in [0.25, 0.3) is 0 Å². The number of aryl methyl sites for hydroxylation is 1. The second-order valence-electron chi connectivity index (χ2n) is 6.42. The highest BCUT2D eigenvalue weighted by Crippen LogP contribution is 2.37. The Balaban J connectivity index is 1.66. The number of hydrogen-bond acceptors (Lipinski definition) is 3. The molecule has 1 aliphatic rings. The molecule has 26 heavy (non-hydrogen) atoms. The van der Waals surface area contributed by atoms with Crippen LogP contribution in [0.1, 0.15) is 24.3 Å². The molecule has 0 amide bonds. The summed E-state index contributed by atoms with van der Waals surface area (Å²) in [4.78, 5) is 2.27. The minimum absolute atomic E-state index is 0.0960. The first-order valence-electron chi connectivity index (χ1n) is 9.09. The molecule has 0 unspecified atom stereocenters. The predicted octanol–water partition coefficient (Wildman–Crippen LogP) is 4.58. The number of hydrogen-bond donors (Lipinski definition) is 0. The lowest BCUT2D eigenvalue weighted by Crippen LogP contribution is -2.23. The molecule has 3 aromatic rings. The van der Waals surface area contributed by atoms with Crippen molar-refractivity contribution >= 4 is 5.69 Å². The lowest BCUT2D eigenvalue weighted by molar-refractivity contribution is 0.113. The standard InChI is InChI=1S/C22H24N2O2/c1-3-17-8-4-5-9-19(17)23-13-12-18(16-23)22-24(14-15-26-22)20-10-6-7-11-21(20)25-2/h4-13,16,22H,3,14-15H2,1-2H3/t22-/m0/s1. The summed E-state index contributed by atoms with van der Waals surface area (Å²) in [6.07, 6.45) is 5.21. The molecule has 1 atom stereocenters. The number of methoxy groups -OCH3 is 1. The summed E-state index contributed by atoms with van der Waals surface area (Å²) in [5.41, 5.74) is 4.78. The lowest BCUT2D eigenvalue weighted by Gasteiger charge is -2.26. The van der Waals surface area contributed by atoms with E-state index >= 15 is 0 Å². The number of rotatable bonds is 5. The van der Waals surface area contributed by atoms with E-state index in [1.54, 1.807) is 7.11 Å². The Bertz CT molecular complexity index is 887. The fourth-order valence-corrected chi connectivity index (χ4v) is 3.63. The summed E-state index contributed by atoms with van der Waals surface area (Å²) in [6, 6.07) is 18.8. The number of para-hydroxylation sites is 3. The van der Waals surface area contributed by atoms with Crippen molar-refractivity contribution in [2.75, 3.05) is 25.2 Å². The molecule has 4 rings (SSSR count). The van der Waals surface area contributed by atoms with Crippen LogP contribution in [0.15, 0.2) is 67.0 Å². The number of anilines is 1. The Labute approximate surface area is 154 Å². The van der Waals surface area contributed by atoms with Crippen molar-refractivity contribution in [1.29, 1.82) is 0 Å². The van der Waals surface area contributed by atoms with Crippen LogP contribution in [-0.4, -0.2) is 24.8 Å². The van der Waals surface area contributed by atoms with Gasteiger partial charge in [0.1, 0.15) is 5.75 Å². The van der Waals surface area contributed by atoms with E-state index in [0.717, 1.165) is 30.0 Å².